The van der Waals surface area contributed by atoms with Crippen molar-refractivity contribution < 1.29 is 19.4 Å². The Hall–Kier alpha value is -1.55. The second-order valence-electron chi connectivity index (χ2n) is 3.30. The largest absolute Gasteiger partial charge is 0.496 e. The van der Waals surface area contributed by atoms with Gasteiger partial charge < -0.3 is 9.84 Å². The van der Waals surface area contributed by atoms with Gasteiger partial charge in [-0.25, -0.2) is 0 Å². The van der Waals surface area contributed by atoms with Gasteiger partial charge in [0.05, 0.1) is 12.7 Å². The zero-order chi connectivity index (χ0) is 12.3. The fourth-order valence-electron chi connectivity index (χ4n) is 1.27. The fraction of sp³-hybridized carbons (Fsp3) is 0.273. The molecule has 4 nitrogen and oxygen atoms in total. The number of carboxylic acids is 1. The maximum absolute atomic E-state index is 11.6. The molecule has 1 N–H and O–H groups in total. The van der Waals surface area contributed by atoms with Crippen LogP contribution in [0.2, 0.25) is 5.02 Å². The predicted molar refractivity (Wildman–Crippen MR) is 59.3 cm³/mol. The Kier molecular flexibility index (Phi) is 3.90. The number of ketones is 1. The summed E-state index contributed by atoms with van der Waals surface area (Å²) in [5, 5.41) is 8.95. The van der Waals surface area contributed by atoms with E-state index < -0.39 is 18.2 Å². The number of aryl methyl sites for hydroxylation is 1. The molecule has 0 aromatic heterocycles. The lowest BCUT2D eigenvalue weighted by atomic mass is 10.0. The van der Waals surface area contributed by atoms with Crippen molar-refractivity contribution in [1.82, 2.24) is 0 Å². The Labute approximate surface area is 97.8 Å². The van der Waals surface area contributed by atoms with Crippen molar-refractivity contribution in [2.75, 3.05) is 7.11 Å². The summed E-state index contributed by atoms with van der Waals surface area (Å²) in [6, 6.07) is 3.04. The molecular weight excluding hydrogens is 232 g/mol. The number of rotatable bonds is 4. The summed E-state index contributed by atoms with van der Waals surface area (Å²) in [4.78, 5) is 22.0. The van der Waals surface area contributed by atoms with Crippen LogP contribution in [0.5, 0.6) is 5.75 Å². The van der Waals surface area contributed by atoms with Crippen LogP contribution in [-0.2, 0) is 4.79 Å². The van der Waals surface area contributed by atoms with E-state index in [1.807, 2.05) is 0 Å². The lowest BCUT2D eigenvalue weighted by Gasteiger charge is -2.09. The van der Waals surface area contributed by atoms with Crippen LogP contribution in [0, 0.1) is 6.92 Å². The number of aliphatic carboxylic acids is 1. The van der Waals surface area contributed by atoms with E-state index >= 15 is 0 Å². The molecule has 0 heterocycles. The van der Waals surface area contributed by atoms with Crippen LogP contribution in [-0.4, -0.2) is 24.0 Å². The molecule has 0 aliphatic heterocycles. The van der Waals surface area contributed by atoms with Gasteiger partial charge in [-0.05, 0) is 24.6 Å². The highest BCUT2D eigenvalue weighted by atomic mass is 35.5. The maximum atomic E-state index is 11.6. The monoisotopic (exact) mass is 242 g/mol. The van der Waals surface area contributed by atoms with Crippen LogP contribution in [0.25, 0.3) is 0 Å². The van der Waals surface area contributed by atoms with E-state index in [4.69, 9.17) is 21.4 Å². The number of hydrogen-bond donors (Lipinski definition) is 1. The van der Waals surface area contributed by atoms with Crippen molar-refractivity contribution in [3.63, 3.8) is 0 Å². The molecular formula is C11H11ClO4. The molecule has 0 spiro atoms. The van der Waals surface area contributed by atoms with Crippen LogP contribution in [0.15, 0.2) is 12.1 Å². The molecule has 0 fully saturated rings. The Morgan fingerprint density at radius 3 is 2.56 bits per heavy atom. The van der Waals surface area contributed by atoms with E-state index in [2.05, 4.69) is 0 Å². The number of carbonyl (C=O) groups excluding carboxylic acids is 1. The minimum atomic E-state index is -1.18. The number of methoxy groups -OCH3 is 1. The summed E-state index contributed by atoms with van der Waals surface area (Å²) >= 11 is 5.87. The van der Waals surface area contributed by atoms with Gasteiger partial charge in [0, 0.05) is 5.02 Å². The number of hydrogen-bond acceptors (Lipinski definition) is 3. The zero-order valence-electron chi connectivity index (χ0n) is 8.91. The van der Waals surface area contributed by atoms with Gasteiger partial charge in [0.1, 0.15) is 12.2 Å². The summed E-state index contributed by atoms with van der Waals surface area (Å²) in [5.74, 6) is -1.36. The first kappa shape index (κ1) is 12.5. The quantitative estimate of drug-likeness (QED) is 0.650. The zero-order valence-corrected chi connectivity index (χ0v) is 9.67. The first-order valence-corrected chi connectivity index (χ1v) is 4.92. The summed E-state index contributed by atoms with van der Waals surface area (Å²) in [6.07, 6.45) is -0.574. The smallest absolute Gasteiger partial charge is 0.311 e. The molecule has 0 bridgehead atoms. The molecule has 1 aromatic rings. The average molecular weight is 243 g/mol. The van der Waals surface area contributed by atoms with E-state index in [-0.39, 0.29) is 5.56 Å². The molecule has 0 aliphatic carbocycles. The number of benzene rings is 1. The van der Waals surface area contributed by atoms with Crippen LogP contribution >= 0.6 is 11.6 Å². The van der Waals surface area contributed by atoms with E-state index in [0.29, 0.717) is 10.8 Å². The lowest BCUT2D eigenvalue weighted by molar-refractivity contribution is -0.135. The molecule has 5 heteroatoms. The predicted octanol–water partition coefficient (Wildman–Crippen LogP) is 2.31. The Balaban J connectivity index is 3.16. The summed E-state index contributed by atoms with van der Waals surface area (Å²) in [5.41, 5.74) is 0.964. The van der Waals surface area contributed by atoms with Gasteiger partial charge in [0.25, 0.3) is 0 Å². The van der Waals surface area contributed by atoms with Gasteiger partial charge in [0.15, 0.2) is 5.78 Å². The lowest BCUT2D eigenvalue weighted by Crippen LogP contribution is -2.08. The molecule has 86 valence electrons. The highest BCUT2D eigenvalue weighted by molar-refractivity contribution is 6.32. The van der Waals surface area contributed by atoms with Gasteiger partial charge in [-0.15, -0.1) is 0 Å². The van der Waals surface area contributed by atoms with Gasteiger partial charge >= 0.3 is 5.97 Å². The van der Waals surface area contributed by atoms with Crippen molar-refractivity contribution in [3.05, 3.63) is 28.3 Å². The average Bonchev–Trinajstić information content (AvgIpc) is 2.20. The third-order valence-corrected chi connectivity index (χ3v) is 2.50. The first-order chi connectivity index (χ1) is 7.45. The van der Waals surface area contributed by atoms with Crippen LogP contribution < -0.4 is 4.74 Å². The van der Waals surface area contributed by atoms with E-state index in [1.165, 1.54) is 13.2 Å². The molecule has 0 atom stereocenters. The van der Waals surface area contributed by atoms with Gasteiger partial charge in [0.2, 0.25) is 0 Å². The SMILES string of the molecule is COc1cc(C)c(Cl)cc1C(=O)CC(=O)O. The highest BCUT2D eigenvalue weighted by Crippen LogP contribution is 2.27. The van der Waals surface area contributed by atoms with Crippen molar-refractivity contribution in [3.8, 4) is 5.75 Å². The minimum Gasteiger partial charge on any atom is -0.496 e. The van der Waals surface area contributed by atoms with Crippen LogP contribution in [0.3, 0.4) is 0 Å². The van der Waals surface area contributed by atoms with Crippen molar-refractivity contribution in [2.24, 2.45) is 0 Å². The Bertz CT molecular complexity index is 440. The number of carboxylic acid groups (broad SMARTS) is 1. The molecule has 0 aliphatic rings. The molecule has 1 rings (SSSR count). The number of ether oxygens (including phenoxy) is 1. The van der Waals surface area contributed by atoms with Crippen LogP contribution in [0.1, 0.15) is 22.3 Å². The van der Waals surface area contributed by atoms with E-state index in [1.54, 1.807) is 13.0 Å². The van der Waals surface area contributed by atoms with Gasteiger partial charge in [-0.1, -0.05) is 11.6 Å². The fourth-order valence-corrected chi connectivity index (χ4v) is 1.44. The maximum Gasteiger partial charge on any atom is 0.311 e. The molecule has 16 heavy (non-hydrogen) atoms. The normalized spacial score (nSPS) is 9.94. The van der Waals surface area contributed by atoms with Crippen molar-refractivity contribution in [2.45, 2.75) is 13.3 Å². The molecule has 0 unspecified atom stereocenters. The van der Waals surface area contributed by atoms with Gasteiger partial charge in [-0.3, -0.25) is 9.59 Å². The topological polar surface area (TPSA) is 63.6 Å². The van der Waals surface area contributed by atoms with E-state index in [0.717, 1.165) is 5.56 Å². The number of Topliss-reactive ketones (excluding diaryl/α,β-unsaturated/α-hetero) is 1. The first-order valence-electron chi connectivity index (χ1n) is 4.55. The second kappa shape index (κ2) is 4.99. The highest BCUT2D eigenvalue weighted by Gasteiger charge is 2.17. The van der Waals surface area contributed by atoms with Crippen LogP contribution in [0.4, 0.5) is 0 Å². The number of halogens is 1. The Morgan fingerprint density at radius 2 is 2.06 bits per heavy atom. The molecule has 0 radical (unpaired) electrons. The van der Waals surface area contributed by atoms with E-state index in [9.17, 15) is 9.59 Å². The van der Waals surface area contributed by atoms with Gasteiger partial charge in [-0.2, -0.15) is 0 Å². The number of carbonyl (C=O) groups is 2. The Morgan fingerprint density at radius 1 is 1.44 bits per heavy atom. The summed E-state index contributed by atoms with van der Waals surface area (Å²) in [7, 11) is 1.42. The molecule has 0 saturated heterocycles. The molecule has 1 aromatic carbocycles. The molecule has 0 amide bonds. The second-order valence-corrected chi connectivity index (χ2v) is 3.70. The van der Waals surface area contributed by atoms with Crippen molar-refractivity contribution >= 4 is 23.4 Å². The third-order valence-electron chi connectivity index (χ3n) is 2.09. The summed E-state index contributed by atoms with van der Waals surface area (Å²) in [6.45, 7) is 1.77. The summed E-state index contributed by atoms with van der Waals surface area (Å²) < 4.78 is 5.01. The van der Waals surface area contributed by atoms with Crippen molar-refractivity contribution in [1.29, 1.82) is 0 Å². The third kappa shape index (κ3) is 2.73. The molecule has 0 saturated carbocycles. The minimum absolute atomic E-state index is 0.195. The standard InChI is InChI=1S/C11H11ClO4/c1-6-3-10(16-2)7(4-8(6)12)9(13)5-11(14)15/h3-4H,5H2,1-2H3,(H,14,15).